The van der Waals surface area contributed by atoms with E-state index in [1.807, 2.05) is 0 Å². The number of likely N-dealkylation sites (tertiary alicyclic amines) is 1. The summed E-state index contributed by atoms with van der Waals surface area (Å²) in [5.41, 5.74) is 7.45. The minimum atomic E-state index is 0.342. The Morgan fingerprint density at radius 1 is 1.06 bits per heavy atom. The zero-order valence-electron chi connectivity index (χ0n) is 12.8. The van der Waals surface area contributed by atoms with E-state index in [1.165, 1.54) is 51.6 Å². The Hall–Kier alpha value is -0.0800. The first kappa shape index (κ1) is 14.3. The lowest BCUT2D eigenvalue weighted by atomic mass is 9.74. The van der Waals surface area contributed by atoms with E-state index < -0.39 is 0 Å². The number of hydrogen-bond donors (Lipinski definition) is 1. The Kier molecular flexibility index (Phi) is 4.08. The van der Waals surface area contributed by atoms with Crippen LogP contribution < -0.4 is 5.73 Å². The second kappa shape index (κ2) is 5.13. The van der Waals surface area contributed by atoms with Crippen molar-refractivity contribution in [1.82, 2.24) is 4.90 Å². The quantitative estimate of drug-likeness (QED) is 0.834. The Balaban J connectivity index is 1.95. The van der Waals surface area contributed by atoms with E-state index in [0.29, 0.717) is 22.9 Å². The summed E-state index contributed by atoms with van der Waals surface area (Å²) < 4.78 is 0. The summed E-state index contributed by atoms with van der Waals surface area (Å²) in [4.78, 5) is 2.70. The molecule has 1 saturated carbocycles. The normalized spacial score (nSPS) is 35.8. The Bertz CT molecular complexity index is 271. The minimum Gasteiger partial charge on any atom is -0.326 e. The van der Waals surface area contributed by atoms with Crippen molar-refractivity contribution in [3.05, 3.63) is 0 Å². The Morgan fingerprint density at radius 3 is 2.00 bits per heavy atom. The maximum Gasteiger partial charge on any atom is 0.0252 e. The fourth-order valence-electron chi connectivity index (χ4n) is 4.08. The topological polar surface area (TPSA) is 29.3 Å². The van der Waals surface area contributed by atoms with Crippen LogP contribution in [0.3, 0.4) is 0 Å². The van der Waals surface area contributed by atoms with Crippen LogP contribution in [0.2, 0.25) is 0 Å². The first-order valence-corrected chi connectivity index (χ1v) is 7.94. The summed E-state index contributed by atoms with van der Waals surface area (Å²) in [6.45, 7) is 12.0. The number of hydrogen-bond acceptors (Lipinski definition) is 2. The van der Waals surface area contributed by atoms with Gasteiger partial charge in [0, 0.05) is 12.1 Å². The number of piperidine rings is 1. The summed E-state index contributed by atoms with van der Waals surface area (Å²) in [7, 11) is 0. The number of nitrogens with two attached hydrogens (primary N) is 1. The molecule has 0 bridgehead atoms. The fraction of sp³-hybridized carbons (Fsp3) is 1.00. The zero-order valence-corrected chi connectivity index (χ0v) is 12.8. The first-order valence-electron chi connectivity index (χ1n) is 7.94. The highest BCUT2D eigenvalue weighted by atomic mass is 15.2. The van der Waals surface area contributed by atoms with Gasteiger partial charge in [-0.3, -0.25) is 4.90 Å². The van der Waals surface area contributed by atoms with Crippen molar-refractivity contribution in [3.63, 3.8) is 0 Å². The van der Waals surface area contributed by atoms with Crippen molar-refractivity contribution in [2.24, 2.45) is 16.6 Å². The van der Waals surface area contributed by atoms with Crippen molar-refractivity contribution >= 4 is 0 Å². The molecule has 1 aliphatic heterocycles. The molecule has 0 amide bonds. The third-order valence-electron chi connectivity index (χ3n) is 6.23. The van der Waals surface area contributed by atoms with Gasteiger partial charge in [0.2, 0.25) is 0 Å². The minimum absolute atomic E-state index is 0.342. The number of rotatable bonds is 3. The predicted octanol–water partition coefficient (Wildman–Crippen LogP) is 3.40. The first-order chi connectivity index (χ1) is 8.44. The van der Waals surface area contributed by atoms with Gasteiger partial charge in [-0.15, -0.1) is 0 Å². The molecule has 2 heteroatoms. The van der Waals surface area contributed by atoms with Crippen molar-refractivity contribution in [1.29, 1.82) is 0 Å². The van der Waals surface area contributed by atoms with Gasteiger partial charge in [-0.25, -0.2) is 0 Å². The fourth-order valence-corrected chi connectivity index (χ4v) is 4.08. The molecule has 18 heavy (non-hydrogen) atoms. The summed E-state index contributed by atoms with van der Waals surface area (Å²) >= 11 is 0. The summed E-state index contributed by atoms with van der Waals surface area (Å²) in [6.07, 6.45) is 8.05. The lowest BCUT2D eigenvalue weighted by molar-refractivity contribution is 0.0579. The van der Waals surface area contributed by atoms with Gasteiger partial charge in [-0.2, -0.15) is 0 Å². The molecule has 2 unspecified atom stereocenters. The monoisotopic (exact) mass is 252 g/mol. The van der Waals surface area contributed by atoms with Crippen molar-refractivity contribution in [2.45, 2.75) is 78.3 Å². The summed E-state index contributed by atoms with van der Waals surface area (Å²) in [5.74, 6) is 0. The molecule has 0 aromatic rings. The average molecular weight is 252 g/mol. The van der Waals surface area contributed by atoms with Crippen molar-refractivity contribution < 1.29 is 0 Å². The molecule has 2 rings (SSSR count). The summed E-state index contributed by atoms with van der Waals surface area (Å²) in [5, 5.41) is 0. The lowest BCUT2D eigenvalue weighted by Crippen LogP contribution is -2.52. The molecular weight excluding hydrogens is 220 g/mol. The van der Waals surface area contributed by atoms with Crippen LogP contribution in [-0.2, 0) is 0 Å². The van der Waals surface area contributed by atoms with E-state index in [1.54, 1.807) is 0 Å². The van der Waals surface area contributed by atoms with E-state index in [4.69, 9.17) is 5.73 Å². The van der Waals surface area contributed by atoms with Gasteiger partial charge in [0.15, 0.2) is 0 Å². The molecule has 0 aromatic carbocycles. The molecule has 0 aromatic heterocycles. The molecule has 2 atom stereocenters. The van der Waals surface area contributed by atoms with Gasteiger partial charge in [0.05, 0.1) is 0 Å². The van der Waals surface area contributed by atoms with Gasteiger partial charge in [0.25, 0.3) is 0 Å². The van der Waals surface area contributed by atoms with Crippen LogP contribution in [-0.4, -0.2) is 30.1 Å². The molecular formula is C16H32N2. The molecule has 1 saturated heterocycles. The van der Waals surface area contributed by atoms with E-state index in [2.05, 4.69) is 32.6 Å². The molecule has 1 heterocycles. The molecule has 2 nitrogen and oxygen atoms in total. The molecule has 0 radical (unpaired) electrons. The standard InChI is InChI=1S/C16H32N2/c1-5-16(6-2)9-11-18(12-10-16)13-7-8-15(3,4)14(13)17/h13-14H,5-12,17H2,1-4H3. The van der Waals surface area contributed by atoms with E-state index in [9.17, 15) is 0 Å². The Labute approximate surface area is 113 Å². The van der Waals surface area contributed by atoms with Crippen LogP contribution in [0.1, 0.15) is 66.2 Å². The van der Waals surface area contributed by atoms with Crippen molar-refractivity contribution in [3.8, 4) is 0 Å². The van der Waals surface area contributed by atoms with Crippen LogP contribution in [0, 0.1) is 10.8 Å². The second-order valence-corrected chi connectivity index (χ2v) is 7.36. The van der Waals surface area contributed by atoms with Crippen molar-refractivity contribution in [2.75, 3.05) is 13.1 Å². The molecule has 2 aliphatic rings. The van der Waals surface area contributed by atoms with Crippen LogP contribution in [0.5, 0.6) is 0 Å². The van der Waals surface area contributed by atoms with Crippen LogP contribution in [0.4, 0.5) is 0 Å². The van der Waals surface area contributed by atoms with Gasteiger partial charge < -0.3 is 5.73 Å². The lowest BCUT2D eigenvalue weighted by Gasteiger charge is -2.45. The van der Waals surface area contributed by atoms with Gasteiger partial charge in [0.1, 0.15) is 0 Å². The van der Waals surface area contributed by atoms with E-state index >= 15 is 0 Å². The van der Waals surface area contributed by atoms with Crippen LogP contribution in [0.25, 0.3) is 0 Å². The van der Waals surface area contributed by atoms with Gasteiger partial charge >= 0.3 is 0 Å². The largest absolute Gasteiger partial charge is 0.326 e. The molecule has 1 aliphatic carbocycles. The predicted molar refractivity (Wildman–Crippen MR) is 78.6 cm³/mol. The Morgan fingerprint density at radius 2 is 1.61 bits per heavy atom. The molecule has 2 N–H and O–H groups in total. The third kappa shape index (κ3) is 2.46. The zero-order chi connectivity index (χ0) is 13.4. The van der Waals surface area contributed by atoms with Crippen LogP contribution >= 0.6 is 0 Å². The maximum atomic E-state index is 6.48. The maximum absolute atomic E-state index is 6.48. The highest BCUT2D eigenvalue weighted by Gasteiger charge is 2.44. The second-order valence-electron chi connectivity index (χ2n) is 7.36. The highest BCUT2D eigenvalue weighted by molar-refractivity contribution is 5.00. The molecule has 0 spiro atoms. The van der Waals surface area contributed by atoms with Crippen LogP contribution in [0.15, 0.2) is 0 Å². The summed E-state index contributed by atoms with van der Waals surface area (Å²) in [6, 6.07) is 1.01. The van der Waals surface area contributed by atoms with E-state index in [0.717, 1.165) is 0 Å². The van der Waals surface area contributed by atoms with Gasteiger partial charge in [-0.05, 0) is 49.6 Å². The van der Waals surface area contributed by atoms with E-state index in [-0.39, 0.29) is 0 Å². The third-order valence-corrected chi connectivity index (χ3v) is 6.23. The average Bonchev–Trinajstić information content (AvgIpc) is 2.65. The van der Waals surface area contributed by atoms with Gasteiger partial charge in [-0.1, -0.05) is 40.5 Å². The smallest absolute Gasteiger partial charge is 0.0252 e. The highest BCUT2D eigenvalue weighted by Crippen LogP contribution is 2.43. The molecule has 106 valence electrons. The SMILES string of the molecule is CCC1(CC)CCN(C2CCC(C)(C)C2N)CC1. The number of nitrogens with zero attached hydrogens (tertiary/aromatic N) is 1. The molecule has 2 fully saturated rings.